The van der Waals surface area contributed by atoms with Crippen LogP contribution in [0.1, 0.15) is 0 Å². The Morgan fingerprint density at radius 2 is 1.88 bits per heavy atom. The van der Waals surface area contributed by atoms with Crippen LogP contribution >= 0.6 is 0 Å². The van der Waals surface area contributed by atoms with Gasteiger partial charge in [0.05, 0.1) is 19.1 Å². The van der Waals surface area contributed by atoms with Gasteiger partial charge in [-0.05, 0) is 12.1 Å². The Morgan fingerprint density at radius 3 is 2.54 bits per heavy atom. The number of hydrogen-bond acceptors (Lipinski definition) is 10. The van der Waals surface area contributed by atoms with E-state index in [0.29, 0.717) is 5.75 Å². The molecule has 1 saturated heterocycles. The molecule has 0 amide bonds. The monoisotopic (exact) mass is 370 g/mol. The summed E-state index contributed by atoms with van der Waals surface area (Å²) in [6.07, 6.45) is -7.70. The second-order valence-corrected chi connectivity index (χ2v) is 5.74. The lowest BCUT2D eigenvalue weighted by Gasteiger charge is -2.39. The molecule has 1 aliphatic heterocycles. The highest BCUT2D eigenvalue weighted by atomic mass is 16.7. The molecule has 1 aromatic carbocycles. The van der Waals surface area contributed by atoms with Crippen molar-refractivity contribution in [1.82, 2.24) is 0 Å². The van der Waals surface area contributed by atoms with Crippen LogP contribution in [0.2, 0.25) is 0 Å². The number of aliphatic hydroxyl groups excluding tert-OH is 4. The molecule has 10 heteroatoms. The summed E-state index contributed by atoms with van der Waals surface area (Å²) in [6.45, 7) is -0.647. The van der Waals surface area contributed by atoms with E-state index in [1.807, 2.05) is 0 Å². The van der Waals surface area contributed by atoms with Crippen LogP contribution in [0.4, 0.5) is 0 Å². The zero-order valence-electron chi connectivity index (χ0n) is 13.6. The summed E-state index contributed by atoms with van der Waals surface area (Å²) in [5, 5.41) is 49.1. The molecule has 5 N–H and O–H groups in total. The molecule has 0 aliphatic carbocycles. The van der Waals surface area contributed by atoms with Gasteiger partial charge in [-0.1, -0.05) is 0 Å². The van der Waals surface area contributed by atoms with E-state index >= 15 is 0 Å². The molecule has 0 radical (unpaired) electrons. The lowest BCUT2D eigenvalue weighted by atomic mass is 9.99. The Labute approximate surface area is 146 Å². The van der Waals surface area contributed by atoms with Gasteiger partial charge in [0.25, 0.3) is 0 Å². The lowest BCUT2D eigenvalue weighted by Crippen LogP contribution is -2.60. The van der Waals surface area contributed by atoms with Crippen LogP contribution in [0.25, 0.3) is 11.0 Å². The average Bonchev–Trinajstić information content (AvgIpc) is 2.64. The van der Waals surface area contributed by atoms with Crippen LogP contribution in [-0.4, -0.2) is 70.0 Å². The second kappa shape index (κ2) is 7.09. The largest absolute Gasteiger partial charge is 0.499 e. The predicted octanol–water partition coefficient (Wildman–Crippen LogP) is -1.31. The van der Waals surface area contributed by atoms with Crippen molar-refractivity contribution in [3.63, 3.8) is 0 Å². The van der Waals surface area contributed by atoms with E-state index in [1.165, 1.54) is 25.3 Å². The molecule has 10 nitrogen and oxygen atoms in total. The van der Waals surface area contributed by atoms with Crippen LogP contribution in [0.15, 0.2) is 27.4 Å². The van der Waals surface area contributed by atoms with Crippen molar-refractivity contribution in [3.05, 3.63) is 28.6 Å². The van der Waals surface area contributed by atoms with E-state index in [0.717, 1.165) is 0 Å². The standard InChI is InChI=1S/C16H18O10/c1-23-6-2-3-7-8(4-6)24-15(22)13(21)14(7)26-16-12(20)11(19)10(18)9(5-17)25-16/h2-4,9-12,16-21H,5H2,1H3/t9-,10-,11+,12-,16+/m1/s1. The van der Waals surface area contributed by atoms with Crippen molar-refractivity contribution < 1.29 is 44.2 Å². The molecule has 0 saturated carbocycles. The van der Waals surface area contributed by atoms with Gasteiger partial charge in [-0.25, -0.2) is 4.79 Å². The summed E-state index contributed by atoms with van der Waals surface area (Å²) in [4.78, 5) is 11.8. The van der Waals surface area contributed by atoms with Crippen LogP contribution in [-0.2, 0) is 4.74 Å². The van der Waals surface area contributed by atoms with Gasteiger partial charge in [0.15, 0.2) is 5.75 Å². The third-order valence-electron chi connectivity index (χ3n) is 4.13. The van der Waals surface area contributed by atoms with E-state index in [4.69, 9.17) is 18.6 Å². The van der Waals surface area contributed by atoms with Gasteiger partial charge in [0.2, 0.25) is 12.0 Å². The van der Waals surface area contributed by atoms with E-state index in [2.05, 4.69) is 0 Å². The van der Waals surface area contributed by atoms with E-state index in [1.54, 1.807) is 0 Å². The summed E-state index contributed by atoms with van der Waals surface area (Å²) >= 11 is 0. The molecular formula is C16H18O10. The average molecular weight is 370 g/mol. The topological polar surface area (TPSA) is 159 Å². The number of aromatic hydroxyl groups is 1. The maximum atomic E-state index is 11.8. The van der Waals surface area contributed by atoms with Crippen molar-refractivity contribution in [2.45, 2.75) is 30.7 Å². The summed E-state index contributed by atoms with van der Waals surface area (Å²) in [5.41, 5.74) is -1.04. The molecule has 1 fully saturated rings. The summed E-state index contributed by atoms with van der Waals surface area (Å²) < 4.78 is 20.6. The van der Waals surface area contributed by atoms with E-state index in [-0.39, 0.29) is 16.7 Å². The minimum Gasteiger partial charge on any atom is -0.499 e. The van der Waals surface area contributed by atoms with Crippen molar-refractivity contribution in [2.75, 3.05) is 13.7 Å². The second-order valence-electron chi connectivity index (χ2n) is 5.74. The highest BCUT2D eigenvalue weighted by Gasteiger charge is 2.45. The van der Waals surface area contributed by atoms with Crippen LogP contribution in [0.5, 0.6) is 17.2 Å². The van der Waals surface area contributed by atoms with E-state index in [9.17, 15) is 30.3 Å². The molecule has 0 spiro atoms. The molecular weight excluding hydrogens is 352 g/mol. The van der Waals surface area contributed by atoms with Gasteiger partial charge in [-0.2, -0.15) is 0 Å². The molecule has 5 atom stereocenters. The highest BCUT2D eigenvalue weighted by Crippen LogP contribution is 2.36. The SMILES string of the molecule is COc1ccc2c(O[C@@H]3O[C@H](CO)[C@@H](O)[C@H](O)[C@H]3O)c(O)c(=O)oc2c1. The molecule has 26 heavy (non-hydrogen) atoms. The number of methoxy groups -OCH3 is 1. The fraction of sp³-hybridized carbons (Fsp3) is 0.438. The van der Waals surface area contributed by atoms with Gasteiger partial charge < -0.3 is 44.2 Å². The fourth-order valence-corrected chi connectivity index (χ4v) is 2.67. The molecule has 1 aromatic heterocycles. The maximum absolute atomic E-state index is 11.8. The van der Waals surface area contributed by atoms with Crippen LogP contribution < -0.4 is 15.1 Å². The summed E-state index contributed by atoms with van der Waals surface area (Å²) in [5.74, 6) is -0.812. The van der Waals surface area contributed by atoms with Gasteiger partial charge >= 0.3 is 5.63 Å². The maximum Gasteiger partial charge on any atom is 0.382 e. The first kappa shape index (κ1) is 18.4. The molecule has 0 unspecified atom stereocenters. The predicted molar refractivity (Wildman–Crippen MR) is 85.1 cm³/mol. The minimum atomic E-state index is -1.70. The quantitative estimate of drug-likeness (QED) is 0.409. The first-order valence-electron chi connectivity index (χ1n) is 7.68. The molecule has 142 valence electrons. The van der Waals surface area contributed by atoms with Crippen molar-refractivity contribution in [1.29, 1.82) is 0 Å². The van der Waals surface area contributed by atoms with Gasteiger partial charge in [0, 0.05) is 6.07 Å². The number of hydrogen-bond donors (Lipinski definition) is 5. The molecule has 1 aliphatic rings. The Hall–Kier alpha value is -2.37. The highest BCUT2D eigenvalue weighted by molar-refractivity contribution is 5.86. The lowest BCUT2D eigenvalue weighted by molar-refractivity contribution is -0.277. The van der Waals surface area contributed by atoms with Crippen molar-refractivity contribution in [2.24, 2.45) is 0 Å². The van der Waals surface area contributed by atoms with E-state index < -0.39 is 48.7 Å². The Balaban J connectivity index is 2.02. The Morgan fingerprint density at radius 1 is 1.15 bits per heavy atom. The first-order valence-corrected chi connectivity index (χ1v) is 7.68. The number of ether oxygens (including phenoxy) is 3. The smallest absolute Gasteiger partial charge is 0.382 e. The van der Waals surface area contributed by atoms with Crippen molar-refractivity contribution in [3.8, 4) is 17.2 Å². The van der Waals surface area contributed by atoms with Crippen LogP contribution in [0, 0.1) is 0 Å². The third kappa shape index (κ3) is 3.08. The Kier molecular flexibility index (Phi) is 5.03. The summed E-state index contributed by atoms with van der Waals surface area (Å²) in [7, 11) is 1.42. The minimum absolute atomic E-state index is 0.0479. The fourth-order valence-electron chi connectivity index (χ4n) is 2.67. The molecule has 2 aromatic rings. The molecule has 3 rings (SSSR count). The first-order chi connectivity index (χ1) is 12.4. The molecule has 0 bridgehead atoms. The zero-order chi connectivity index (χ0) is 19.0. The number of rotatable bonds is 4. The van der Waals surface area contributed by atoms with Crippen molar-refractivity contribution >= 4 is 11.0 Å². The number of aliphatic hydroxyl groups is 4. The van der Waals surface area contributed by atoms with Gasteiger partial charge in [0.1, 0.15) is 35.7 Å². The summed E-state index contributed by atoms with van der Waals surface area (Å²) in [6, 6.07) is 4.38. The van der Waals surface area contributed by atoms with Crippen LogP contribution in [0.3, 0.4) is 0 Å². The van der Waals surface area contributed by atoms with Gasteiger partial charge in [-0.15, -0.1) is 0 Å². The third-order valence-corrected chi connectivity index (χ3v) is 4.13. The Bertz CT molecular complexity index is 845. The zero-order valence-corrected chi connectivity index (χ0v) is 13.6. The number of benzene rings is 1. The normalized spacial score (nSPS) is 28.9. The number of fused-ring (bicyclic) bond motifs is 1. The van der Waals surface area contributed by atoms with Gasteiger partial charge in [-0.3, -0.25) is 0 Å². The molecule has 2 heterocycles.